The second-order valence-electron chi connectivity index (χ2n) is 6.76. The number of aromatic hydroxyl groups is 2. The van der Waals surface area contributed by atoms with Crippen LogP contribution >= 0.6 is 8.86 Å². The zero-order valence-corrected chi connectivity index (χ0v) is 15.3. The number of benzene rings is 2. The van der Waals surface area contributed by atoms with E-state index < -0.39 is 47.7 Å². The van der Waals surface area contributed by atoms with Crippen LogP contribution in [0.3, 0.4) is 0 Å². The second-order valence-corrected chi connectivity index (χ2v) is 12.7. The third-order valence-corrected chi connectivity index (χ3v) is 7.68. The number of hydrogen-bond donors (Lipinski definition) is 5. The fourth-order valence-electron chi connectivity index (χ4n) is 2.74. The minimum atomic E-state index is -6.19. The fraction of sp³-hybridized carbons (Fsp3) is 0.250. The van der Waals surface area contributed by atoms with Gasteiger partial charge >= 0.3 is 6.18 Å². The van der Waals surface area contributed by atoms with Gasteiger partial charge in [-0.05, 0) is 18.2 Å². The number of phenolic OH excluding ortho intramolecular Hbond substituents is 2. The average Bonchev–Trinajstić information content (AvgIpc) is 2.49. The first kappa shape index (κ1) is 21.1. The molecule has 0 heterocycles. The first-order valence-electron chi connectivity index (χ1n) is 7.30. The Morgan fingerprint density at radius 1 is 1.07 bits per heavy atom. The quantitative estimate of drug-likeness (QED) is 0.282. The maximum Gasteiger partial charge on any atom is 0.418 e. The van der Waals surface area contributed by atoms with Gasteiger partial charge in [0.1, 0.15) is 11.5 Å². The molecule has 27 heavy (non-hydrogen) atoms. The largest absolute Gasteiger partial charge is 0.504 e. The highest BCUT2D eigenvalue weighted by atomic mass is 32.4. The zero-order valence-electron chi connectivity index (χ0n) is 14.5. The maximum absolute atomic E-state index is 14.5. The van der Waals surface area contributed by atoms with Crippen LogP contribution in [0.15, 0.2) is 40.1 Å². The number of anilines is 1. The highest BCUT2D eigenvalue weighted by Crippen LogP contribution is 2.90. The molecular formula is C16H19F4NO5S. The van der Waals surface area contributed by atoms with Crippen molar-refractivity contribution in [2.24, 2.45) is 0 Å². The molecule has 0 atom stereocenters. The van der Waals surface area contributed by atoms with Crippen LogP contribution in [0.1, 0.15) is 5.56 Å². The van der Waals surface area contributed by atoms with Crippen LogP contribution in [0.25, 0.3) is 0 Å². The maximum atomic E-state index is 14.5. The third-order valence-electron chi connectivity index (χ3n) is 4.04. The molecule has 0 bridgehead atoms. The summed E-state index contributed by atoms with van der Waals surface area (Å²) >= 11 is 0. The molecule has 6 nitrogen and oxygen atoms in total. The molecule has 0 saturated heterocycles. The Labute approximate surface area is 151 Å². The Bertz CT molecular complexity index is 908. The van der Waals surface area contributed by atoms with Crippen molar-refractivity contribution in [3.63, 3.8) is 0 Å². The van der Waals surface area contributed by atoms with E-state index in [0.717, 1.165) is 19.2 Å². The second kappa shape index (κ2) is 5.64. The van der Waals surface area contributed by atoms with Crippen LogP contribution in [0.5, 0.6) is 11.5 Å². The number of rotatable bonds is 4. The minimum Gasteiger partial charge on any atom is -0.504 e. The van der Waals surface area contributed by atoms with Gasteiger partial charge in [0.05, 0.1) is 17.6 Å². The molecule has 5 N–H and O–H groups in total. The van der Waals surface area contributed by atoms with Gasteiger partial charge in [0, 0.05) is 23.5 Å². The molecule has 2 aromatic carbocycles. The summed E-state index contributed by atoms with van der Waals surface area (Å²) in [4.78, 5) is 2.56. The van der Waals surface area contributed by atoms with E-state index in [4.69, 9.17) is 0 Å². The van der Waals surface area contributed by atoms with Gasteiger partial charge in [0.25, 0.3) is 0 Å². The summed E-state index contributed by atoms with van der Waals surface area (Å²) in [6, 6.07) is 3.49. The molecule has 0 amide bonds. The molecule has 11 heteroatoms. The van der Waals surface area contributed by atoms with Crippen molar-refractivity contribution in [1.82, 2.24) is 0 Å². The summed E-state index contributed by atoms with van der Waals surface area (Å²) in [5.74, 6) is -3.12. The van der Waals surface area contributed by atoms with Gasteiger partial charge in [-0.3, -0.25) is 19.2 Å². The van der Waals surface area contributed by atoms with E-state index in [9.17, 15) is 36.9 Å². The Kier molecular flexibility index (Phi) is 4.41. The smallest absolute Gasteiger partial charge is 0.418 e. The molecule has 0 aliphatic carbocycles. The molecule has 0 unspecified atom stereocenters. The van der Waals surface area contributed by atoms with E-state index >= 15 is 0 Å². The summed E-state index contributed by atoms with van der Waals surface area (Å²) in [6.45, 7) is 0. The van der Waals surface area contributed by atoms with Crippen LogP contribution in [-0.2, 0) is 11.0 Å². The number of alkyl halides is 3. The van der Waals surface area contributed by atoms with Crippen LogP contribution < -0.4 is 5.48 Å². The number of nitrogens with one attached hydrogen (secondary N) is 1. The molecule has 0 fully saturated rings. The summed E-state index contributed by atoms with van der Waals surface area (Å²) in [7, 11) is -5.04. The monoisotopic (exact) mass is 413 g/mol. The number of phenols is 2. The van der Waals surface area contributed by atoms with Gasteiger partial charge in [-0.15, -0.1) is 0 Å². The molecule has 2 rings (SSSR count). The lowest BCUT2D eigenvalue weighted by molar-refractivity contribution is -0.140. The lowest BCUT2D eigenvalue weighted by Crippen LogP contribution is -2.36. The van der Waals surface area contributed by atoms with E-state index in [1.807, 2.05) is 0 Å². The minimum absolute atomic E-state index is 0.366. The Balaban J connectivity index is 2.98. The molecule has 0 spiro atoms. The van der Waals surface area contributed by atoms with Crippen molar-refractivity contribution in [1.29, 1.82) is 0 Å². The molecule has 2 aromatic rings. The fourth-order valence-corrected chi connectivity index (χ4v) is 5.66. The van der Waals surface area contributed by atoms with Gasteiger partial charge in [-0.2, -0.15) is 13.2 Å². The first-order valence-corrected chi connectivity index (χ1v) is 10.5. The highest BCUT2D eigenvalue weighted by molar-refractivity contribution is 8.55. The molecule has 0 aromatic heterocycles. The Morgan fingerprint density at radius 2 is 1.67 bits per heavy atom. The van der Waals surface area contributed by atoms with E-state index in [1.165, 1.54) is 0 Å². The number of halogens is 4. The summed E-state index contributed by atoms with van der Waals surface area (Å²) in [5.41, 5.74) is 0.203. The summed E-state index contributed by atoms with van der Waals surface area (Å²) in [6.07, 6.45) is -3.76. The topological polar surface area (TPSA) is 102 Å². The molecule has 0 saturated carbocycles. The average molecular weight is 413 g/mol. The predicted octanol–water partition coefficient (Wildman–Crippen LogP) is 4.73. The molecule has 0 aliphatic heterocycles. The molecule has 0 radical (unpaired) electrons. The lowest BCUT2D eigenvalue weighted by atomic mass is 10.2. The third kappa shape index (κ3) is 3.50. The predicted molar refractivity (Wildman–Crippen MR) is 93.0 cm³/mol. The number of hydrogen-bond acceptors (Lipinski definition) is 6. The summed E-state index contributed by atoms with van der Waals surface area (Å²) < 4.78 is 77.5. The molecule has 152 valence electrons. The lowest BCUT2D eigenvalue weighted by Gasteiger charge is -2.73. The van der Waals surface area contributed by atoms with Gasteiger partial charge in [-0.1, -0.05) is 6.07 Å². The van der Waals surface area contributed by atoms with Crippen molar-refractivity contribution in [2.75, 3.05) is 25.1 Å². The first-order chi connectivity index (χ1) is 12.0. The van der Waals surface area contributed by atoms with Crippen LogP contribution in [-0.4, -0.2) is 38.9 Å². The van der Waals surface area contributed by atoms with E-state index in [-0.39, 0.29) is 5.69 Å². The zero-order chi connectivity index (χ0) is 20.9. The van der Waals surface area contributed by atoms with Gasteiger partial charge in [0.15, 0.2) is 11.5 Å². The molecule has 0 aliphatic rings. The van der Waals surface area contributed by atoms with Crippen LogP contribution in [0.4, 0.5) is 23.2 Å². The van der Waals surface area contributed by atoms with Gasteiger partial charge < -0.3 is 19.3 Å². The van der Waals surface area contributed by atoms with E-state index in [2.05, 4.69) is 10.3 Å². The summed E-state index contributed by atoms with van der Waals surface area (Å²) in [5, 5.41) is 19.7. The molecular weight excluding hydrogens is 394 g/mol. The van der Waals surface area contributed by atoms with E-state index in [1.54, 1.807) is 0 Å². The van der Waals surface area contributed by atoms with Crippen LogP contribution in [0.2, 0.25) is 0 Å². The normalized spacial score (nSPS) is 15.1. The van der Waals surface area contributed by atoms with Gasteiger partial charge in [-0.25, -0.2) is 4.39 Å². The van der Waals surface area contributed by atoms with Crippen molar-refractivity contribution in [2.45, 2.75) is 16.0 Å². The standard InChI is InChI=1S/C16H19F4NO5S/c1-26-21-12-7-9(8-13(22)14(12)23)27(2,3,24,25)15-10(16(18,19)20)5-4-6-11(15)17/h4-8,21-25H,1-3H3. The Morgan fingerprint density at radius 3 is 2.19 bits per heavy atom. The van der Waals surface area contributed by atoms with Crippen molar-refractivity contribution in [3.05, 3.63) is 41.7 Å². The van der Waals surface area contributed by atoms with Crippen LogP contribution in [0, 0.1) is 5.82 Å². The highest BCUT2D eigenvalue weighted by Gasteiger charge is 2.52. The van der Waals surface area contributed by atoms with Gasteiger partial charge in [0.2, 0.25) is 0 Å². The SMILES string of the molecule is CONc1cc(S(C)(C)(O)(O)c2c(F)cccc2C(F)(F)F)cc(O)c1O. The Hall–Kier alpha value is -2.21. The van der Waals surface area contributed by atoms with Crippen molar-refractivity contribution in [3.8, 4) is 11.5 Å². The van der Waals surface area contributed by atoms with Crippen molar-refractivity contribution < 1.29 is 41.7 Å². The van der Waals surface area contributed by atoms with Crippen molar-refractivity contribution >= 4 is 14.5 Å². The van der Waals surface area contributed by atoms with E-state index in [0.29, 0.717) is 30.7 Å².